The molecule has 1 aromatic heterocycles. The Labute approximate surface area is 111 Å². The van der Waals surface area contributed by atoms with Crippen LogP contribution in [0.15, 0.2) is 30.6 Å². The molecule has 18 heavy (non-hydrogen) atoms. The van der Waals surface area contributed by atoms with E-state index in [2.05, 4.69) is 67.3 Å². The molecule has 0 aliphatic rings. The van der Waals surface area contributed by atoms with Crippen LogP contribution in [0.4, 0.5) is 0 Å². The summed E-state index contributed by atoms with van der Waals surface area (Å²) in [6.07, 6.45) is 1.93. The molecule has 2 aromatic rings. The fraction of sp³-hybridized carbons (Fsp3) is 0.400. The Morgan fingerprint density at radius 1 is 1.06 bits per heavy atom. The number of hydrogen-bond acceptors (Lipinski definition) is 1. The maximum absolute atomic E-state index is 4.34. The van der Waals surface area contributed by atoms with Gasteiger partial charge in [0.2, 0.25) is 0 Å². The lowest BCUT2D eigenvalue weighted by atomic mass is 10.2. The van der Waals surface area contributed by atoms with E-state index in [0.717, 1.165) is 12.2 Å². The van der Waals surface area contributed by atoms with Crippen molar-refractivity contribution >= 4 is 13.3 Å². The van der Waals surface area contributed by atoms with Crippen LogP contribution in [0.3, 0.4) is 0 Å². The minimum atomic E-state index is -1.17. The highest BCUT2D eigenvalue weighted by atomic mass is 28.3. The highest BCUT2D eigenvalue weighted by Crippen LogP contribution is 2.09. The van der Waals surface area contributed by atoms with Crippen molar-refractivity contribution < 1.29 is 0 Å². The molecule has 0 N–H and O–H groups in total. The predicted molar refractivity (Wildman–Crippen MR) is 80.2 cm³/mol. The third-order valence-corrected chi connectivity index (χ3v) is 5.58. The van der Waals surface area contributed by atoms with E-state index in [-0.39, 0.29) is 0 Å². The normalized spacial score (nSPS) is 11.8. The van der Waals surface area contributed by atoms with Crippen molar-refractivity contribution in [1.29, 1.82) is 0 Å². The quantitative estimate of drug-likeness (QED) is 0.774. The van der Waals surface area contributed by atoms with Crippen LogP contribution in [0.1, 0.15) is 17.0 Å². The van der Waals surface area contributed by atoms with Crippen molar-refractivity contribution in [2.24, 2.45) is 0 Å². The summed E-state index contributed by atoms with van der Waals surface area (Å²) in [4.78, 5) is 4.34. The van der Waals surface area contributed by atoms with Gasteiger partial charge in [0, 0.05) is 12.2 Å². The highest BCUT2D eigenvalue weighted by molar-refractivity contribution is 6.88. The number of hydrogen-bond donors (Lipinski definition) is 0. The van der Waals surface area contributed by atoms with Crippen LogP contribution in [-0.2, 0) is 6.54 Å². The van der Waals surface area contributed by atoms with Crippen LogP contribution < -0.4 is 5.19 Å². The molecular weight excluding hydrogens is 236 g/mol. The first-order valence-electron chi connectivity index (χ1n) is 6.45. The van der Waals surface area contributed by atoms with E-state index in [1.165, 1.54) is 16.4 Å². The van der Waals surface area contributed by atoms with Gasteiger partial charge in [-0.05, 0) is 19.4 Å². The lowest BCUT2D eigenvalue weighted by Crippen LogP contribution is -2.37. The smallest absolute Gasteiger partial charge is 0.0954 e. The van der Waals surface area contributed by atoms with Gasteiger partial charge in [-0.25, -0.2) is 4.98 Å². The van der Waals surface area contributed by atoms with Crippen molar-refractivity contribution in [3.8, 4) is 0 Å². The van der Waals surface area contributed by atoms with E-state index in [0.29, 0.717) is 0 Å². The molecule has 2 rings (SSSR count). The van der Waals surface area contributed by atoms with Crippen molar-refractivity contribution in [2.45, 2.75) is 40.0 Å². The molecule has 2 nitrogen and oxygen atoms in total. The Kier molecular flexibility index (Phi) is 3.44. The molecular formula is C15H22N2Si. The fourth-order valence-corrected chi connectivity index (χ4v) is 3.18. The average Bonchev–Trinajstić information content (AvgIpc) is 2.61. The molecule has 0 amide bonds. The van der Waals surface area contributed by atoms with Gasteiger partial charge in [-0.1, -0.05) is 49.1 Å². The minimum Gasteiger partial charge on any atom is -0.330 e. The molecule has 1 aromatic carbocycles. The summed E-state index contributed by atoms with van der Waals surface area (Å²) in [7, 11) is -1.17. The molecule has 96 valence electrons. The Morgan fingerprint density at radius 2 is 1.67 bits per heavy atom. The molecule has 0 saturated heterocycles. The summed E-state index contributed by atoms with van der Waals surface area (Å²) in [6.45, 7) is 12.2. The monoisotopic (exact) mass is 258 g/mol. The van der Waals surface area contributed by atoms with E-state index in [1.54, 1.807) is 0 Å². The van der Waals surface area contributed by atoms with E-state index < -0.39 is 8.07 Å². The lowest BCUT2D eigenvalue weighted by molar-refractivity contribution is 0.769. The van der Waals surface area contributed by atoms with Crippen molar-refractivity contribution in [2.75, 3.05) is 0 Å². The second kappa shape index (κ2) is 4.73. The Hall–Kier alpha value is -1.35. The Morgan fingerprint density at radius 3 is 2.11 bits per heavy atom. The van der Waals surface area contributed by atoms with Gasteiger partial charge in [0.25, 0.3) is 0 Å². The van der Waals surface area contributed by atoms with Crippen molar-refractivity contribution in [1.82, 2.24) is 9.55 Å². The predicted octanol–water partition coefficient (Wildman–Crippen LogP) is 3.09. The SMILES string of the molecule is Cc1ncn(Cc2ccc([Si](C)(C)C)cc2)c1C. The molecule has 0 radical (unpaired) electrons. The van der Waals surface area contributed by atoms with Crippen LogP contribution in [0.25, 0.3) is 0 Å². The van der Waals surface area contributed by atoms with Gasteiger partial charge in [-0.15, -0.1) is 0 Å². The van der Waals surface area contributed by atoms with Crippen molar-refractivity contribution in [3.05, 3.63) is 47.5 Å². The number of aromatic nitrogens is 2. The molecule has 0 bridgehead atoms. The molecule has 1 heterocycles. The fourth-order valence-electron chi connectivity index (χ4n) is 2.01. The van der Waals surface area contributed by atoms with Gasteiger partial charge >= 0.3 is 0 Å². The summed E-state index contributed by atoms with van der Waals surface area (Å²) in [5.74, 6) is 0. The minimum absolute atomic E-state index is 0.915. The zero-order chi connectivity index (χ0) is 13.3. The molecule has 3 heteroatoms. The lowest BCUT2D eigenvalue weighted by Gasteiger charge is -2.17. The second-order valence-electron chi connectivity index (χ2n) is 5.99. The second-order valence-corrected chi connectivity index (χ2v) is 11.1. The standard InChI is InChI=1S/C15H22N2Si/c1-12-13(2)17(11-16-12)10-14-6-8-15(9-7-14)18(3,4)5/h6-9,11H,10H2,1-5H3. The molecule has 0 unspecified atom stereocenters. The highest BCUT2D eigenvalue weighted by Gasteiger charge is 2.15. The van der Waals surface area contributed by atoms with Gasteiger partial charge in [0.1, 0.15) is 0 Å². The summed E-state index contributed by atoms with van der Waals surface area (Å²) in [5.41, 5.74) is 3.72. The van der Waals surface area contributed by atoms with E-state index in [4.69, 9.17) is 0 Å². The first kappa shape index (κ1) is 13.1. The summed E-state index contributed by atoms with van der Waals surface area (Å²) >= 11 is 0. The van der Waals surface area contributed by atoms with Crippen LogP contribution >= 0.6 is 0 Å². The summed E-state index contributed by atoms with van der Waals surface area (Å²) in [5, 5.41) is 1.52. The number of nitrogens with zero attached hydrogens (tertiary/aromatic N) is 2. The summed E-state index contributed by atoms with van der Waals surface area (Å²) < 4.78 is 2.21. The maximum atomic E-state index is 4.34. The largest absolute Gasteiger partial charge is 0.330 e. The van der Waals surface area contributed by atoms with Gasteiger partial charge in [-0.3, -0.25) is 0 Å². The topological polar surface area (TPSA) is 17.8 Å². The van der Waals surface area contributed by atoms with Crippen molar-refractivity contribution in [3.63, 3.8) is 0 Å². The number of benzene rings is 1. The Balaban J connectivity index is 2.19. The van der Waals surface area contributed by atoms with Crippen LogP contribution in [0, 0.1) is 13.8 Å². The average molecular weight is 258 g/mol. The summed E-state index contributed by atoms with van der Waals surface area (Å²) in [6, 6.07) is 9.09. The molecule has 0 aliphatic carbocycles. The zero-order valence-electron chi connectivity index (χ0n) is 12.0. The molecule has 0 fully saturated rings. The molecule has 0 spiro atoms. The van der Waals surface area contributed by atoms with E-state index in [9.17, 15) is 0 Å². The third-order valence-electron chi connectivity index (χ3n) is 3.52. The Bertz CT molecular complexity index is 533. The molecule has 0 atom stereocenters. The number of aryl methyl sites for hydroxylation is 1. The zero-order valence-corrected chi connectivity index (χ0v) is 13.0. The number of rotatable bonds is 3. The van der Waals surface area contributed by atoms with Crippen LogP contribution in [-0.4, -0.2) is 17.6 Å². The molecule has 0 saturated carbocycles. The molecule has 0 aliphatic heterocycles. The first-order chi connectivity index (χ1) is 8.38. The first-order valence-corrected chi connectivity index (χ1v) is 9.95. The van der Waals surface area contributed by atoms with E-state index >= 15 is 0 Å². The number of imidazole rings is 1. The maximum Gasteiger partial charge on any atom is 0.0954 e. The van der Waals surface area contributed by atoms with Gasteiger partial charge in [-0.2, -0.15) is 0 Å². The van der Waals surface area contributed by atoms with Gasteiger partial charge in [0.15, 0.2) is 0 Å². The van der Waals surface area contributed by atoms with Gasteiger partial charge in [0.05, 0.1) is 20.1 Å². The van der Waals surface area contributed by atoms with Gasteiger partial charge < -0.3 is 4.57 Å². The van der Waals surface area contributed by atoms with Crippen LogP contribution in [0.5, 0.6) is 0 Å². The third kappa shape index (κ3) is 2.72. The van der Waals surface area contributed by atoms with E-state index in [1.807, 2.05) is 6.33 Å². The van der Waals surface area contributed by atoms with Crippen LogP contribution in [0.2, 0.25) is 19.6 Å².